The third-order valence-electron chi connectivity index (χ3n) is 5.93. The number of carbonyl (C=O) groups is 1. The van der Waals surface area contributed by atoms with E-state index in [1.165, 1.54) is 77.0 Å². The molecule has 31 heavy (non-hydrogen) atoms. The second-order valence-electron chi connectivity index (χ2n) is 9.11. The maximum absolute atomic E-state index is 10.6. The summed E-state index contributed by atoms with van der Waals surface area (Å²) in [6, 6.07) is 0. The number of hydrogen-bond acceptors (Lipinski definition) is 3. The zero-order valence-corrected chi connectivity index (χ0v) is 21.0. The highest BCUT2D eigenvalue weighted by atomic mass is 16.7. The summed E-state index contributed by atoms with van der Waals surface area (Å²) in [6.45, 7) is 6.15. The molecule has 0 heterocycles. The Morgan fingerprint density at radius 2 is 0.968 bits per heavy atom. The number of carboxylic acid groups (broad SMARTS) is 1. The fourth-order valence-electron chi connectivity index (χ4n) is 3.88. The second-order valence-corrected chi connectivity index (χ2v) is 9.11. The molecule has 0 radical (unpaired) electrons. The molecule has 1 N–H and O–H groups in total. The summed E-state index contributed by atoms with van der Waals surface area (Å²) >= 11 is 0. The van der Waals surface area contributed by atoms with Gasteiger partial charge in [-0.25, -0.2) is 0 Å². The molecule has 0 atom stereocenters. The van der Waals surface area contributed by atoms with Crippen molar-refractivity contribution < 1.29 is 19.4 Å². The molecule has 0 saturated heterocycles. The molecule has 0 bridgehead atoms. The van der Waals surface area contributed by atoms with E-state index in [9.17, 15) is 4.79 Å². The molecule has 4 heteroatoms. The van der Waals surface area contributed by atoms with Crippen LogP contribution in [-0.4, -0.2) is 30.6 Å². The first kappa shape index (κ1) is 30.4. The molecule has 0 aliphatic rings. The van der Waals surface area contributed by atoms with Gasteiger partial charge in [0.15, 0.2) is 6.29 Å². The summed E-state index contributed by atoms with van der Waals surface area (Å²) in [5, 5.41) is 8.70. The number of aliphatic carboxylic acids is 1. The third-order valence-corrected chi connectivity index (χ3v) is 5.93. The van der Waals surface area contributed by atoms with Gasteiger partial charge < -0.3 is 14.6 Å². The summed E-state index contributed by atoms with van der Waals surface area (Å²) in [6.07, 6.45) is 24.6. The van der Waals surface area contributed by atoms with Crippen LogP contribution in [0.25, 0.3) is 0 Å². The van der Waals surface area contributed by atoms with Crippen LogP contribution < -0.4 is 0 Å². The third kappa shape index (κ3) is 25.5. The van der Waals surface area contributed by atoms with Gasteiger partial charge in [-0.2, -0.15) is 0 Å². The van der Waals surface area contributed by atoms with E-state index in [1.807, 2.05) is 0 Å². The van der Waals surface area contributed by atoms with E-state index in [-0.39, 0.29) is 6.29 Å². The van der Waals surface area contributed by atoms with Crippen LogP contribution in [0, 0.1) is 0 Å². The van der Waals surface area contributed by atoms with Crippen LogP contribution in [0.4, 0.5) is 0 Å². The Hall–Kier alpha value is -0.610. The summed E-state index contributed by atoms with van der Waals surface area (Å²) < 4.78 is 12.2. The van der Waals surface area contributed by atoms with Gasteiger partial charge >= 0.3 is 5.97 Å². The van der Waals surface area contributed by atoms with Gasteiger partial charge in [0.2, 0.25) is 0 Å². The van der Waals surface area contributed by atoms with Gasteiger partial charge in [0, 0.05) is 19.6 Å². The zero-order chi connectivity index (χ0) is 22.8. The first-order valence-electron chi connectivity index (χ1n) is 13.7. The summed E-state index contributed by atoms with van der Waals surface area (Å²) in [5.41, 5.74) is 0. The van der Waals surface area contributed by atoms with Crippen molar-refractivity contribution in [2.24, 2.45) is 0 Å². The quantitative estimate of drug-likeness (QED) is 0.107. The van der Waals surface area contributed by atoms with Gasteiger partial charge in [0.05, 0.1) is 0 Å². The Balaban J connectivity index is 3.86. The van der Waals surface area contributed by atoms with Crippen molar-refractivity contribution in [1.29, 1.82) is 0 Å². The number of rotatable bonds is 26. The minimum atomic E-state index is -0.683. The van der Waals surface area contributed by atoms with Crippen molar-refractivity contribution in [3.8, 4) is 0 Å². The van der Waals surface area contributed by atoms with Crippen molar-refractivity contribution in [2.75, 3.05) is 13.2 Å². The van der Waals surface area contributed by atoms with Crippen molar-refractivity contribution in [3.05, 3.63) is 0 Å². The SMILES string of the molecule is CCCCCCCCCOC(CCCCCCCC(=O)O)OCCCCCCCCC. The number of carboxylic acids is 1. The van der Waals surface area contributed by atoms with Crippen LogP contribution in [0.2, 0.25) is 0 Å². The van der Waals surface area contributed by atoms with E-state index >= 15 is 0 Å². The van der Waals surface area contributed by atoms with Crippen molar-refractivity contribution in [3.63, 3.8) is 0 Å². The average Bonchev–Trinajstić information content (AvgIpc) is 2.75. The predicted octanol–water partition coefficient (Wildman–Crippen LogP) is 8.66. The Morgan fingerprint density at radius 1 is 0.581 bits per heavy atom. The Morgan fingerprint density at radius 3 is 1.42 bits per heavy atom. The summed E-state index contributed by atoms with van der Waals surface area (Å²) in [4.78, 5) is 10.6. The lowest BCUT2D eigenvalue weighted by Crippen LogP contribution is -2.19. The van der Waals surface area contributed by atoms with Gasteiger partial charge in [0.1, 0.15) is 0 Å². The van der Waals surface area contributed by atoms with Gasteiger partial charge in [-0.1, -0.05) is 110 Å². The van der Waals surface area contributed by atoms with Gasteiger partial charge in [-0.05, 0) is 32.1 Å². The minimum absolute atomic E-state index is 0.0563. The van der Waals surface area contributed by atoms with Crippen LogP contribution in [0.1, 0.15) is 149 Å². The predicted molar refractivity (Wildman–Crippen MR) is 132 cm³/mol. The molecule has 0 aliphatic heterocycles. The van der Waals surface area contributed by atoms with Crippen LogP contribution in [0.5, 0.6) is 0 Å². The molecular weight excluding hydrogens is 388 g/mol. The van der Waals surface area contributed by atoms with Gasteiger partial charge in [-0.3, -0.25) is 4.79 Å². The van der Waals surface area contributed by atoms with Gasteiger partial charge in [0.25, 0.3) is 0 Å². The van der Waals surface area contributed by atoms with E-state index in [0.29, 0.717) is 6.42 Å². The molecule has 0 aromatic carbocycles. The molecule has 4 nitrogen and oxygen atoms in total. The normalized spacial score (nSPS) is 11.5. The lowest BCUT2D eigenvalue weighted by atomic mass is 10.1. The van der Waals surface area contributed by atoms with E-state index in [2.05, 4.69) is 13.8 Å². The van der Waals surface area contributed by atoms with E-state index in [4.69, 9.17) is 14.6 Å². The molecule has 0 aromatic heterocycles. The minimum Gasteiger partial charge on any atom is -0.481 e. The molecule has 0 unspecified atom stereocenters. The van der Waals surface area contributed by atoms with E-state index < -0.39 is 5.97 Å². The average molecular weight is 443 g/mol. The second kappa shape index (κ2) is 25.6. The maximum atomic E-state index is 10.6. The number of hydrogen-bond donors (Lipinski definition) is 1. The van der Waals surface area contributed by atoms with Crippen molar-refractivity contribution in [2.45, 2.75) is 155 Å². The molecule has 0 aromatic rings. The van der Waals surface area contributed by atoms with E-state index in [1.54, 1.807) is 0 Å². The van der Waals surface area contributed by atoms with Crippen LogP contribution in [-0.2, 0) is 14.3 Å². The first-order chi connectivity index (χ1) is 15.2. The molecule has 0 aliphatic carbocycles. The lowest BCUT2D eigenvalue weighted by Gasteiger charge is -2.19. The summed E-state index contributed by atoms with van der Waals surface area (Å²) in [5.74, 6) is -0.683. The smallest absolute Gasteiger partial charge is 0.303 e. The highest BCUT2D eigenvalue weighted by Gasteiger charge is 2.09. The molecular formula is C27H54O4. The molecule has 186 valence electrons. The highest BCUT2D eigenvalue weighted by molar-refractivity contribution is 5.66. The van der Waals surface area contributed by atoms with Gasteiger partial charge in [-0.15, -0.1) is 0 Å². The first-order valence-corrected chi connectivity index (χ1v) is 13.7. The molecule has 0 amide bonds. The van der Waals surface area contributed by atoms with Crippen molar-refractivity contribution in [1.82, 2.24) is 0 Å². The molecule has 0 saturated carbocycles. The zero-order valence-electron chi connectivity index (χ0n) is 21.0. The monoisotopic (exact) mass is 442 g/mol. The number of unbranched alkanes of at least 4 members (excludes halogenated alkanes) is 16. The van der Waals surface area contributed by atoms with Crippen LogP contribution in [0.3, 0.4) is 0 Å². The topological polar surface area (TPSA) is 55.8 Å². The Labute approximate surface area is 193 Å². The molecule has 0 fully saturated rings. The largest absolute Gasteiger partial charge is 0.481 e. The van der Waals surface area contributed by atoms with Crippen molar-refractivity contribution >= 4 is 5.97 Å². The lowest BCUT2D eigenvalue weighted by molar-refractivity contribution is -0.148. The Kier molecular flexibility index (Phi) is 25.1. The molecule has 0 spiro atoms. The standard InChI is InChI=1S/C27H54O4/c1-3-5-7-9-11-16-20-24-30-27(23-19-15-13-14-18-22-26(28)29)31-25-21-17-12-10-8-6-4-2/h27H,3-25H2,1-2H3,(H,28,29). The van der Waals surface area contributed by atoms with E-state index in [0.717, 1.165) is 64.6 Å². The van der Waals surface area contributed by atoms with Crippen LogP contribution >= 0.6 is 0 Å². The maximum Gasteiger partial charge on any atom is 0.303 e. The Bertz CT molecular complexity index is 339. The highest BCUT2D eigenvalue weighted by Crippen LogP contribution is 2.14. The fraction of sp³-hybridized carbons (Fsp3) is 0.963. The number of ether oxygens (including phenoxy) is 2. The van der Waals surface area contributed by atoms with Crippen LogP contribution in [0.15, 0.2) is 0 Å². The molecule has 0 rings (SSSR count). The fourth-order valence-corrected chi connectivity index (χ4v) is 3.88. The summed E-state index contributed by atoms with van der Waals surface area (Å²) in [7, 11) is 0.